The van der Waals surface area contributed by atoms with E-state index in [0.717, 1.165) is 0 Å². The quantitative estimate of drug-likeness (QED) is 0.724. The van der Waals surface area contributed by atoms with Crippen LogP contribution in [-0.2, 0) is 16.0 Å². The van der Waals surface area contributed by atoms with Crippen LogP contribution in [0.2, 0.25) is 0 Å². The number of hydrogen-bond donors (Lipinski definition) is 1. The second-order valence-corrected chi connectivity index (χ2v) is 5.37. The van der Waals surface area contributed by atoms with Crippen molar-refractivity contribution in [3.05, 3.63) is 65.9 Å². The highest BCUT2D eigenvalue weighted by atomic mass is 19.1. The SMILES string of the molecule is CCOC(=O)c1ccc(NC(=O)Cc2cn3cc(F)ccc3n2)cc1. The predicted molar refractivity (Wildman–Crippen MR) is 89.9 cm³/mol. The average molecular weight is 341 g/mol. The molecule has 0 spiro atoms. The minimum absolute atomic E-state index is 0.0585. The number of nitrogens with one attached hydrogen (secondary N) is 1. The van der Waals surface area contributed by atoms with Crippen LogP contribution in [0.1, 0.15) is 23.0 Å². The monoisotopic (exact) mass is 341 g/mol. The van der Waals surface area contributed by atoms with E-state index in [4.69, 9.17) is 4.74 Å². The Balaban J connectivity index is 1.64. The highest BCUT2D eigenvalue weighted by Gasteiger charge is 2.10. The Morgan fingerprint density at radius 3 is 2.64 bits per heavy atom. The molecule has 3 rings (SSSR count). The summed E-state index contributed by atoms with van der Waals surface area (Å²) in [6.07, 6.45) is 2.97. The van der Waals surface area contributed by atoms with Crippen LogP contribution in [0.3, 0.4) is 0 Å². The van der Waals surface area contributed by atoms with Gasteiger partial charge in [0.1, 0.15) is 11.5 Å². The van der Waals surface area contributed by atoms with E-state index in [1.807, 2.05) is 0 Å². The van der Waals surface area contributed by atoms with Crippen molar-refractivity contribution in [2.45, 2.75) is 13.3 Å². The summed E-state index contributed by atoms with van der Waals surface area (Å²) in [5, 5.41) is 2.73. The summed E-state index contributed by atoms with van der Waals surface area (Å²) in [5.74, 6) is -1.03. The molecular formula is C18H16FN3O3. The molecule has 7 heteroatoms. The lowest BCUT2D eigenvalue weighted by atomic mass is 10.2. The first kappa shape index (κ1) is 16.6. The van der Waals surface area contributed by atoms with Crippen LogP contribution in [0.4, 0.5) is 10.1 Å². The zero-order chi connectivity index (χ0) is 17.8. The fourth-order valence-electron chi connectivity index (χ4n) is 2.38. The summed E-state index contributed by atoms with van der Waals surface area (Å²) in [6.45, 7) is 2.04. The number of carbonyl (C=O) groups is 2. The van der Waals surface area contributed by atoms with Gasteiger partial charge in [-0.3, -0.25) is 4.79 Å². The topological polar surface area (TPSA) is 72.7 Å². The van der Waals surface area contributed by atoms with Gasteiger partial charge in [-0.05, 0) is 43.3 Å². The van der Waals surface area contributed by atoms with Crippen LogP contribution in [0, 0.1) is 5.82 Å². The molecule has 0 aliphatic heterocycles. The Morgan fingerprint density at radius 1 is 1.16 bits per heavy atom. The van der Waals surface area contributed by atoms with Crippen LogP contribution in [0.5, 0.6) is 0 Å². The maximum absolute atomic E-state index is 13.2. The average Bonchev–Trinajstić information content (AvgIpc) is 2.96. The summed E-state index contributed by atoms with van der Waals surface area (Å²) >= 11 is 0. The van der Waals surface area contributed by atoms with Gasteiger partial charge in [0.25, 0.3) is 0 Å². The van der Waals surface area contributed by atoms with Gasteiger partial charge in [-0.15, -0.1) is 0 Å². The molecule has 0 unspecified atom stereocenters. The fourth-order valence-corrected chi connectivity index (χ4v) is 2.38. The third-order valence-corrected chi connectivity index (χ3v) is 3.49. The number of amides is 1. The molecule has 1 N–H and O–H groups in total. The van der Waals surface area contributed by atoms with Gasteiger partial charge in [-0.1, -0.05) is 0 Å². The second-order valence-electron chi connectivity index (χ2n) is 5.37. The van der Waals surface area contributed by atoms with Crippen molar-refractivity contribution in [3.8, 4) is 0 Å². The van der Waals surface area contributed by atoms with Crippen LogP contribution in [0.15, 0.2) is 48.8 Å². The van der Waals surface area contributed by atoms with Gasteiger partial charge in [-0.2, -0.15) is 0 Å². The summed E-state index contributed by atoms with van der Waals surface area (Å²) < 4.78 is 19.6. The van der Waals surface area contributed by atoms with Crippen LogP contribution >= 0.6 is 0 Å². The molecule has 0 saturated carbocycles. The van der Waals surface area contributed by atoms with Gasteiger partial charge in [0.2, 0.25) is 5.91 Å². The number of imidazole rings is 1. The summed E-state index contributed by atoms with van der Waals surface area (Å²) in [6, 6.07) is 9.29. The number of carbonyl (C=O) groups excluding carboxylic acids is 2. The number of anilines is 1. The first-order valence-corrected chi connectivity index (χ1v) is 7.75. The standard InChI is InChI=1S/C18H16FN3O3/c1-2-25-18(24)12-3-6-14(7-4-12)21-17(23)9-15-11-22-10-13(19)5-8-16(22)20-15/h3-8,10-11H,2,9H2,1H3,(H,21,23). The molecule has 6 nitrogen and oxygen atoms in total. The Morgan fingerprint density at radius 2 is 1.92 bits per heavy atom. The number of fused-ring (bicyclic) bond motifs is 1. The smallest absolute Gasteiger partial charge is 0.338 e. The third kappa shape index (κ3) is 4.00. The normalized spacial score (nSPS) is 10.6. The van der Waals surface area contributed by atoms with Crippen molar-refractivity contribution in [1.29, 1.82) is 0 Å². The summed E-state index contributed by atoms with van der Waals surface area (Å²) in [4.78, 5) is 28.0. The van der Waals surface area contributed by atoms with Crippen molar-refractivity contribution in [3.63, 3.8) is 0 Å². The lowest BCUT2D eigenvalue weighted by Crippen LogP contribution is -2.14. The lowest BCUT2D eigenvalue weighted by molar-refractivity contribution is -0.115. The van der Waals surface area contributed by atoms with Crippen molar-refractivity contribution in [1.82, 2.24) is 9.38 Å². The highest BCUT2D eigenvalue weighted by molar-refractivity contribution is 5.93. The van der Waals surface area contributed by atoms with Crippen LogP contribution < -0.4 is 5.32 Å². The molecule has 2 heterocycles. The molecule has 128 valence electrons. The number of hydrogen-bond acceptors (Lipinski definition) is 4. The molecule has 0 aliphatic rings. The van der Waals surface area contributed by atoms with Gasteiger partial charge in [0.15, 0.2) is 0 Å². The number of pyridine rings is 1. The third-order valence-electron chi connectivity index (χ3n) is 3.49. The largest absolute Gasteiger partial charge is 0.462 e. The summed E-state index contributed by atoms with van der Waals surface area (Å²) in [7, 11) is 0. The van der Waals surface area contributed by atoms with Crippen molar-refractivity contribution in [2.75, 3.05) is 11.9 Å². The number of ether oxygens (including phenoxy) is 1. The molecule has 0 saturated heterocycles. The van der Waals surface area contributed by atoms with Crippen LogP contribution in [0.25, 0.3) is 5.65 Å². The van der Waals surface area contributed by atoms with E-state index in [0.29, 0.717) is 29.2 Å². The number of rotatable bonds is 5. The zero-order valence-corrected chi connectivity index (χ0v) is 13.5. The van der Waals surface area contributed by atoms with E-state index in [9.17, 15) is 14.0 Å². The second kappa shape index (κ2) is 7.12. The van der Waals surface area contributed by atoms with Gasteiger partial charge < -0.3 is 14.5 Å². The van der Waals surface area contributed by atoms with Gasteiger partial charge in [0, 0.05) is 18.1 Å². The molecule has 25 heavy (non-hydrogen) atoms. The lowest BCUT2D eigenvalue weighted by Gasteiger charge is -2.05. The van der Waals surface area contributed by atoms with E-state index in [1.165, 1.54) is 16.7 Å². The Kier molecular flexibility index (Phi) is 4.74. The van der Waals surface area contributed by atoms with Gasteiger partial charge in [0.05, 0.1) is 24.3 Å². The Labute approximate surface area is 143 Å². The fraction of sp³-hybridized carbons (Fsp3) is 0.167. The highest BCUT2D eigenvalue weighted by Crippen LogP contribution is 2.12. The maximum atomic E-state index is 13.2. The predicted octanol–water partition coefficient (Wildman–Crippen LogP) is 2.83. The first-order valence-electron chi connectivity index (χ1n) is 7.75. The molecule has 3 aromatic rings. The van der Waals surface area contributed by atoms with E-state index in [-0.39, 0.29) is 18.1 Å². The zero-order valence-electron chi connectivity index (χ0n) is 13.5. The van der Waals surface area contributed by atoms with E-state index < -0.39 is 5.97 Å². The minimum atomic E-state index is -0.405. The van der Waals surface area contributed by atoms with Crippen molar-refractivity contribution < 1.29 is 18.7 Å². The minimum Gasteiger partial charge on any atom is -0.462 e. The van der Waals surface area contributed by atoms with Crippen molar-refractivity contribution in [2.24, 2.45) is 0 Å². The summed E-state index contributed by atoms with van der Waals surface area (Å²) in [5.41, 5.74) is 2.09. The molecule has 0 aliphatic carbocycles. The molecular weight excluding hydrogens is 325 g/mol. The number of esters is 1. The number of nitrogens with zero attached hydrogens (tertiary/aromatic N) is 2. The molecule has 0 atom stereocenters. The molecule has 0 bridgehead atoms. The first-order chi connectivity index (χ1) is 12.0. The molecule has 1 aromatic carbocycles. The van der Waals surface area contributed by atoms with E-state index in [2.05, 4.69) is 10.3 Å². The molecule has 0 radical (unpaired) electrons. The number of benzene rings is 1. The Hall–Kier alpha value is -3.22. The number of aromatic nitrogens is 2. The van der Waals surface area contributed by atoms with E-state index >= 15 is 0 Å². The van der Waals surface area contributed by atoms with Crippen molar-refractivity contribution >= 4 is 23.2 Å². The maximum Gasteiger partial charge on any atom is 0.338 e. The van der Waals surface area contributed by atoms with Crippen LogP contribution in [-0.4, -0.2) is 27.9 Å². The molecule has 0 fully saturated rings. The van der Waals surface area contributed by atoms with E-state index in [1.54, 1.807) is 43.5 Å². The van der Waals surface area contributed by atoms with Gasteiger partial charge >= 0.3 is 5.97 Å². The Bertz CT molecular complexity index is 919. The molecule has 2 aromatic heterocycles. The van der Waals surface area contributed by atoms with Gasteiger partial charge in [-0.25, -0.2) is 14.2 Å². The number of halogens is 1. The molecule has 1 amide bonds.